The van der Waals surface area contributed by atoms with E-state index in [0.717, 1.165) is 4.47 Å². The molecule has 0 saturated heterocycles. The van der Waals surface area contributed by atoms with E-state index in [9.17, 15) is 0 Å². The molecule has 0 spiro atoms. The van der Waals surface area contributed by atoms with E-state index in [-0.39, 0.29) is 6.04 Å². The monoisotopic (exact) mass is 275 g/mol. The summed E-state index contributed by atoms with van der Waals surface area (Å²) in [5.41, 5.74) is 2.56. The van der Waals surface area contributed by atoms with Crippen molar-refractivity contribution in [2.45, 2.75) is 6.04 Å². The van der Waals surface area contributed by atoms with Crippen LogP contribution in [0.5, 0.6) is 0 Å². The standard InChI is InChI=1S/C14H14BrN/c1-16-14(11-5-3-2-4-6-11)12-7-9-13(15)10-8-12/h2-10,14,16H,1H3. The van der Waals surface area contributed by atoms with Crippen molar-refractivity contribution in [2.24, 2.45) is 0 Å². The highest BCUT2D eigenvalue weighted by Gasteiger charge is 2.10. The smallest absolute Gasteiger partial charge is 0.0574 e. The molecule has 0 amide bonds. The minimum absolute atomic E-state index is 0.259. The number of nitrogens with one attached hydrogen (secondary N) is 1. The van der Waals surface area contributed by atoms with Crippen molar-refractivity contribution in [3.63, 3.8) is 0 Å². The molecule has 0 bridgehead atoms. The quantitative estimate of drug-likeness (QED) is 0.900. The highest BCUT2D eigenvalue weighted by Crippen LogP contribution is 2.22. The Morgan fingerprint density at radius 3 is 2.00 bits per heavy atom. The van der Waals surface area contributed by atoms with Crippen molar-refractivity contribution in [3.8, 4) is 0 Å². The molecule has 2 aromatic rings. The van der Waals surface area contributed by atoms with Crippen LogP contribution in [0.2, 0.25) is 0 Å². The van der Waals surface area contributed by atoms with E-state index in [1.807, 2.05) is 13.1 Å². The lowest BCUT2D eigenvalue weighted by molar-refractivity contribution is 0.692. The van der Waals surface area contributed by atoms with Gasteiger partial charge >= 0.3 is 0 Å². The Hall–Kier alpha value is -1.12. The fraction of sp³-hybridized carbons (Fsp3) is 0.143. The number of hydrogen-bond acceptors (Lipinski definition) is 1. The molecule has 16 heavy (non-hydrogen) atoms. The molecule has 0 aliphatic heterocycles. The Labute approximate surface area is 105 Å². The molecule has 0 heterocycles. The van der Waals surface area contributed by atoms with Crippen molar-refractivity contribution in [1.29, 1.82) is 0 Å². The summed E-state index contributed by atoms with van der Waals surface area (Å²) in [6.45, 7) is 0. The lowest BCUT2D eigenvalue weighted by Crippen LogP contribution is -2.17. The normalized spacial score (nSPS) is 12.4. The third kappa shape index (κ3) is 2.52. The number of halogens is 1. The molecule has 0 fully saturated rings. The van der Waals surface area contributed by atoms with Crippen molar-refractivity contribution >= 4 is 15.9 Å². The van der Waals surface area contributed by atoms with Crippen LogP contribution in [-0.2, 0) is 0 Å². The number of rotatable bonds is 3. The molecule has 1 atom stereocenters. The molecule has 2 rings (SSSR count). The zero-order valence-corrected chi connectivity index (χ0v) is 10.7. The van der Waals surface area contributed by atoms with Crippen molar-refractivity contribution in [2.75, 3.05) is 7.05 Å². The molecule has 0 radical (unpaired) electrons. The van der Waals surface area contributed by atoms with Gasteiger partial charge in [-0.25, -0.2) is 0 Å². The molecule has 0 aliphatic carbocycles. The fourth-order valence-corrected chi connectivity index (χ4v) is 2.09. The van der Waals surface area contributed by atoms with Gasteiger partial charge in [-0.1, -0.05) is 58.4 Å². The van der Waals surface area contributed by atoms with Gasteiger partial charge in [0.1, 0.15) is 0 Å². The summed E-state index contributed by atoms with van der Waals surface area (Å²) in [5.74, 6) is 0. The van der Waals surface area contributed by atoms with Gasteiger partial charge in [0.05, 0.1) is 6.04 Å². The number of hydrogen-bond donors (Lipinski definition) is 1. The molecule has 1 unspecified atom stereocenters. The lowest BCUT2D eigenvalue weighted by Gasteiger charge is -2.17. The second-order valence-corrected chi connectivity index (χ2v) is 4.60. The zero-order valence-electron chi connectivity index (χ0n) is 9.15. The Morgan fingerprint density at radius 1 is 0.875 bits per heavy atom. The summed E-state index contributed by atoms with van der Waals surface area (Å²) in [4.78, 5) is 0. The third-order valence-corrected chi connectivity index (χ3v) is 3.15. The van der Waals surface area contributed by atoms with E-state index in [2.05, 4.69) is 69.8 Å². The molecule has 0 aromatic heterocycles. The largest absolute Gasteiger partial charge is 0.309 e. The van der Waals surface area contributed by atoms with Gasteiger partial charge in [-0.05, 0) is 30.3 Å². The van der Waals surface area contributed by atoms with Crippen molar-refractivity contribution < 1.29 is 0 Å². The summed E-state index contributed by atoms with van der Waals surface area (Å²) in [5, 5.41) is 3.34. The molecule has 0 aliphatic rings. The summed E-state index contributed by atoms with van der Waals surface area (Å²) in [7, 11) is 1.99. The minimum atomic E-state index is 0.259. The van der Waals surface area contributed by atoms with E-state index in [1.54, 1.807) is 0 Å². The molecule has 1 N–H and O–H groups in total. The van der Waals surface area contributed by atoms with E-state index in [1.165, 1.54) is 11.1 Å². The molecule has 0 saturated carbocycles. The first-order valence-electron chi connectivity index (χ1n) is 5.29. The van der Waals surface area contributed by atoms with E-state index < -0.39 is 0 Å². The fourth-order valence-electron chi connectivity index (χ4n) is 1.83. The van der Waals surface area contributed by atoms with Crippen LogP contribution in [0.4, 0.5) is 0 Å². The first kappa shape index (κ1) is 11.4. The number of benzene rings is 2. The summed E-state index contributed by atoms with van der Waals surface area (Å²) < 4.78 is 1.11. The van der Waals surface area contributed by atoms with Gasteiger partial charge in [0, 0.05) is 4.47 Å². The van der Waals surface area contributed by atoms with E-state index >= 15 is 0 Å². The van der Waals surface area contributed by atoms with Crippen LogP contribution in [0.3, 0.4) is 0 Å². The SMILES string of the molecule is CNC(c1ccccc1)c1ccc(Br)cc1. The average Bonchev–Trinajstić information content (AvgIpc) is 2.34. The van der Waals surface area contributed by atoms with Gasteiger partial charge in [0.15, 0.2) is 0 Å². The van der Waals surface area contributed by atoms with Crippen LogP contribution in [-0.4, -0.2) is 7.05 Å². The third-order valence-electron chi connectivity index (χ3n) is 2.62. The van der Waals surface area contributed by atoms with Gasteiger partial charge in [0.25, 0.3) is 0 Å². The average molecular weight is 276 g/mol. The maximum absolute atomic E-state index is 3.45. The van der Waals surface area contributed by atoms with Crippen LogP contribution in [0, 0.1) is 0 Å². The molecular formula is C14H14BrN. The highest BCUT2D eigenvalue weighted by molar-refractivity contribution is 9.10. The minimum Gasteiger partial charge on any atom is -0.309 e. The Kier molecular flexibility index (Phi) is 3.75. The molecule has 2 aromatic carbocycles. The first-order chi connectivity index (χ1) is 7.81. The van der Waals surface area contributed by atoms with E-state index in [4.69, 9.17) is 0 Å². The second kappa shape index (κ2) is 5.28. The van der Waals surface area contributed by atoms with Crippen LogP contribution in [0.15, 0.2) is 59.1 Å². The van der Waals surface area contributed by atoms with Gasteiger partial charge in [0.2, 0.25) is 0 Å². The topological polar surface area (TPSA) is 12.0 Å². The summed E-state index contributed by atoms with van der Waals surface area (Å²) in [6.07, 6.45) is 0. The highest BCUT2D eigenvalue weighted by atomic mass is 79.9. The molecular weight excluding hydrogens is 262 g/mol. The zero-order chi connectivity index (χ0) is 11.4. The van der Waals surface area contributed by atoms with Gasteiger partial charge in [-0.3, -0.25) is 0 Å². The first-order valence-corrected chi connectivity index (χ1v) is 6.08. The lowest BCUT2D eigenvalue weighted by atomic mass is 9.99. The van der Waals surface area contributed by atoms with Gasteiger partial charge < -0.3 is 5.32 Å². The second-order valence-electron chi connectivity index (χ2n) is 3.68. The van der Waals surface area contributed by atoms with Crippen molar-refractivity contribution in [1.82, 2.24) is 5.32 Å². The molecule has 2 heteroatoms. The predicted molar refractivity (Wildman–Crippen MR) is 71.5 cm³/mol. The Balaban J connectivity index is 2.33. The van der Waals surface area contributed by atoms with Crippen LogP contribution >= 0.6 is 15.9 Å². The maximum Gasteiger partial charge on any atom is 0.0574 e. The molecule has 82 valence electrons. The van der Waals surface area contributed by atoms with Crippen LogP contribution in [0.25, 0.3) is 0 Å². The Bertz CT molecular complexity index is 436. The Morgan fingerprint density at radius 2 is 1.44 bits per heavy atom. The van der Waals surface area contributed by atoms with Crippen LogP contribution < -0.4 is 5.32 Å². The summed E-state index contributed by atoms with van der Waals surface area (Å²) in [6, 6.07) is 19.1. The van der Waals surface area contributed by atoms with Gasteiger partial charge in [-0.2, -0.15) is 0 Å². The van der Waals surface area contributed by atoms with E-state index in [0.29, 0.717) is 0 Å². The molecule has 1 nitrogen and oxygen atoms in total. The van der Waals surface area contributed by atoms with Crippen molar-refractivity contribution in [3.05, 3.63) is 70.2 Å². The maximum atomic E-state index is 3.45. The van der Waals surface area contributed by atoms with Crippen LogP contribution in [0.1, 0.15) is 17.2 Å². The summed E-state index contributed by atoms with van der Waals surface area (Å²) >= 11 is 3.45. The van der Waals surface area contributed by atoms with Gasteiger partial charge in [-0.15, -0.1) is 0 Å². The predicted octanol–water partition coefficient (Wildman–Crippen LogP) is 3.76.